The quantitative estimate of drug-likeness (QED) is 0.868. The average molecular weight is 237 g/mol. The highest BCUT2D eigenvalue weighted by Gasteiger charge is 2.25. The highest BCUT2D eigenvalue weighted by Crippen LogP contribution is 2.30. The van der Waals surface area contributed by atoms with Crippen LogP contribution in [0.5, 0.6) is 0 Å². The summed E-state index contributed by atoms with van der Waals surface area (Å²) in [6.07, 6.45) is 2.34. The minimum atomic E-state index is 0.0190. The van der Waals surface area contributed by atoms with Gasteiger partial charge >= 0.3 is 0 Å². The number of unbranched alkanes of at least 4 members (excludes halogenated alkanes) is 1. The molecule has 0 aliphatic heterocycles. The van der Waals surface area contributed by atoms with Crippen LogP contribution in [-0.4, -0.2) is 9.55 Å². The molecule has 0 atom stereocenters. The zero-order chi connectivity index (χ0) is 13.2. The fraction of sp³-hybridized carbons (Fsp3) is 0.786. The molecule has 0 fully saturated rings. The van der Waals surface area contributed by atoms with Crippen molar-refractivity contribution in [2.45, 2.75) is 72.3 Å². The molecule has 1 aromatic heterocycles. The molecule has 1 rings (SSSR count). The Balaban J connectivity index is 3.21. The van der Waals surface area contributed by atoms with Gasteiger partial charge in [0, 0.05) is 17.9 Å². The molecule has 1 aromatic rings. The summed E-state index contributed by atoms with van der Waals surface area (Å²) in [5.74, 6) is 2.40. The second-order valence-corrected chi connectivity index (χ2v) is 6.11. The van der Waals surface area contributed by atoms with Gasteiger partial charge < -0.3 is 10.3 Å². The number of nitrogens with zero attached hydrogens (tertiary/aromatic N) is 2. The van der Waals surface area contributed by atoms with Crippen LogP contribution in [0, 0.1) is 0 Å². The maximum atomic E-state index is 6.27. The van der Waals surface area contributed by atoms with Crippen molar-refractivity contribution >= 4 is 5.82 Å². The standard InChI is InChI=1S/C14H27N3/c1-7-8-9-17-12(15)11(14(4,5)6)16-13(17)10(2)3/h10H,7-9,15H2,1-6H3. The van der Waals surface area contributed by atoms with E-state index in [1.807, 2.05) is 0 Å². The van der Waals surface area contributed by atoms with Gasteiger partial charge in [-0.3, -0.25) is 0 Å². The number of nitrogen functional groups attached to an aromatic ring is 1. The normalized spacial score (nSPS) is 12.4. The minimum absolute atomic E-state index is 0.0190. The Morgan fingerprint density at radius 1 is 1.29 bits per heavy atom. The van der Waals surface area contributed by atoms with Crippen LogP contribution in [0.2, 0.25) is 0 Å². The molecule has 0 aliphatic rings. The summed E-state index contributed by atoms with van der Waals surface area (Å²) < 4.78 is 2.20. The van der Waals surface area contributed by atoms with E-state index in [4.69, 9.17) is 10.7 Å². The molecule has 0 aliphatic carbocycles. The maximum Gasteiger partial charge on any atom is 0.127 e. The van der Waals surface area contributed by atoms with E-state index in [9.17, 15) is 0 Å². The number of imidazole rings is 1. The molecule has 0 aromatic carbocycles. The lowest BCUT2D eigenvalue weighted by Gasteiger charge is -2.16. The smallest absolute Gasteiger partial charge is 0.127 e. The molecule has 3 nitrogen and oxygen atoms in total. The molecule has 0 unspecified atom stereocenters. The van der Waals surface area contributed by atoms with Crippen LogP contribution in [0.15, 0.2) is 0 Å². The first-order valence-electron chi connectivity index (χ1n) is 6.65. The van der Waals surface area contributed by atoms with Crippen molar-refractivity contribution in [1.82, 2.24) is 9.55 Å². The molecular weight excluding hydrogens is 210 g/mol. The third-order valence-corrected chi connectivity index (χ3v) is 3.00. The van der Waals surface area contributed by atoms with Crippen LogP contribution >= 0.6 is 0 Å². The van der Waals surface area contributed by atoms with Gasteiger partial charge in [-0.2, -0.15) is 0 Å². The van der Waals surface area contributed by atoms with Gasteiger partial charge in [0.1, 0.15) is 11.6 Å². The summed E-state index contributed by atoms with van der Waals surface area (Å²) in [6.45, 7) is 14.0. The van der Waals surface area contributed by atoms with E-state index in [1.165, 1.54) is 6.42 Å². The number of hydrogen-bond acceptors (Lipinski definition) is 2. The first-order chi connectivity index (χ1) is 7.79. The van der Waals surface area contributed by atoms with Crippen molar-refractivity contribution in [3.63, 3.8) is 0 Å². The van der Waals surface area contributed by atoms with E-state index in [0.717, 1.165) is 30.3 Å². The third kappa shape index (κ3) is 3.02. The van der Waals surface area contributed by atoms with E-state index in [1.54, 1.807) is 0 Å². The predicted octanol–water partition coefficient (Wildman–Crippen LogP) is 3.69. The Bertz CT molecular complexity index is 370. The van der Waals surface area contributed by atoms with Gasteiger partial charge in [0.15, 0.2) is 0 Å². The zero-order valence-electron chi connectivity index (χ0n) is 12.2. The monoisotopic (exact) mass is 237 g/mol. The van der Waals surface area contributed by atoms with Crippen LogP contribution in [0.4, 0.5) is 5.82 Å². The molecule has 17 heavy (non-hydrogen) atoms. The molecule has 2 N–H and O–H groups in total. The number of hydrogen-bond donors (Lipinski definition) is 1. The lowest BCUT2D eigenvalue weighted by atomic mass is 9.92. The van der Waals surface area contributed by atoms with Crippen molar-refractivity contribution in [2.75, 3.05) is 5.73 Å². The molecule has 0 saturated carbocycles. The summed E-state index contributed by atoms with van der Waals surface area (Å²) in [5, 5.41) is 0. The van der Waals surface area contributed by atoms with Crippen molar-refractivity contribution in [1.29, 1.82) is 0 Å². The van der Waals surface area contributed by atoms with E-state index < -0.39 is 0 Å². The van der Waals surface area contributed by atoms with Gasteiger partial charge in [0.2, 0.25) is 0 Å². The van der Waals surface area contributed by atoms with E-state index in [-0.39, 0.29) is 5.41 Å². The Labute approximate surface area is 105 Å². The Kier molecular flexibility index (Phi) is 4.23. The van der Waals surface area contributed by atoms with Crippen molar-refractivity contribution in [3.8, 4) is 0 Å². The Morgan fingerprint density at radius 3 is 2.29 bits per heavy atom. The fourth-order valence-corrected chi connectivity index (χ4v) is 2.03. The second kappa shape index (κ2) is 5.11. The van der Waals surface area contributed by atoms with E-state index >= 15 is 0 Å². The van der Waals surface area contributed by atoms with Gasteiger partial charge in [-0.1, -0.05) is 48.0 Å². The lowest BCUT2D eigenvalue weighted by Crippen LogP contribution is -2.15. The molecule has 0 radical (unpaired) electrons. The number of rotatable bonds is 4. The minimum Gasteiger partial charge on any atom is -0.384 e. The number of nitrogens with two attached hydrogens (primary N) is 1. The number of anilines is 1. The van der Waals surface area contributed by atoms with Gasteiger partial charge in [-0.15, -0.1) is 0 Å². The maximum absolute atomic E-state index is 6.27. The molecule has 0 saturated heterocycles. The average Bonchev–Trinajstić information content (AvgIpc) is 2.52. The molecular formula is C14H27N3. The van der Waals surface area contributed by atoms with Gasteiger partial charge in [-0.05, 0) is 6.42 Å². The molecule has 3 heteroatoms. The van der Waals surface area contributed by atoms with Gasteiger partial charge in [-0.25, -0.2) is 4.98 Å². The first kappa shape index (κ1) is 14.1. The Morgan fingerprint density at radius 2 is 1.88 bits per heavy atom. The second-order valence-electron chi connectivity index (χ2n) is 6.11. The van der Waals surface area contributed by atoms with Crippen molar-refractivity contribution < 1.29 is 0 Å². The van der Waals surface area contributed by atoms with Crippen molar-refractivity contribution in [3.05, 3.63) is 11.5 Å². The van der Waals surface area contributed by atoms with Gasteiger partial charge in [0.05, 0.1) is 5.69 Å². The van der Waals surface area contributed by atoms with E-state index in [2.05, 4.69) is 46.1 Å². The highest BCUT2D eigenvalue weighted by molar-refractivity contribution is 5.43. The first-order valence-corrected chi connectivity index (χ1v) is 6.65. The predicted molar refractivity (Wildman–Crippen MR) is 74.3 cm³/mol. The topological polar surface area (TPSA) is 43.8 Å². The summed E-state index contributed by atoms with van der Waals surface area (Å²) >= 11 is 0. The lowest BCUT2D eigenvalue weighted by molar-refractivity contribution is 0.571. The van der Waals surface area contributed by atoms with Crippen LogP contribution in [0.3, 0.4) is 0 Å². The molecule has 0 amide bonds. The number of aromatic nitrogens is 2. The SMILES string of the molecule is CCCCn1c(C(C)C)nc(C(C)(C)C)c1N. The third-order valence-electron chi connectivity index (χ3n) is 3.00. The van der Waals surface area contributed by atoms with Crippen LogP contribution in [-0.2, 0) is 12.0 Å². The van der Waals surface area contributed by atoms with E-state index in [0.29, 0.717) is 5.92 Å². The summed E-state index contributed by atoms with van der Waals surface area (Å²) in [6, 6.07) is 0. The summed E-state index contributed by atoms with van der Waals surface area (Å²) in [5.41, 5.74) is 7.33. The van der Waals surface area contributed by atoms with Gasteiger partial charge in [0.25, 0.3) is 0 Å². The largest absolute Gasteiger partial charge is 0.384 e. The molecule has 98 valence electrons. The fourth-order valence-electron chi connectivity index (χ4n) is 2.03. The molecule has 1 heterocycles. The molecule has 0 spiro atoms. The van der Waals surface area contributed by atoms with Crippen LogP contribution in [0.25, 0.3) is 0 Å². The zero-order valence-corrected chi connectivity index (χ0v) is 12.2. The van der Waals surface area contributed by atoms with Crippen LogP contribution in [0.1, 0.15) is 71.8 Å². The van der Waals surface area contributed by atoms with Crippen molar-refractivity contribution in [2.24, 2.45) is 0 Å². The van der Waals surface area contributed by atoms with Crippen LogP contribution < -0.4 is 5.73 Å². The Hall–Kier alpha value is -0.990. The molecule has 0 bridgehead atoms. The highest BCUT2D eigenvalue weighted by atomic mass is 15.1. The summed E-state index contributed by atoms with van der Waals surface area (Å²) in [4.78, 5) is 4.77. The summed E-state index contributed by atoms with van der Waals surface area (Å²) in [7, 11) is 0.